The Morgan fingerprint density at radius 3 is 2.10 bits per heavy atom. The van der Waals surface area contributed by atoms with Crippen molar-refractivity contribution in [3.63, 3.8) is 0 Å². The van der Waals surface area contributed by atoms with E-state index in [9.17, 15) is 9.59 Å². The van der Waals surface area contributed by atoms with Crippen molar-refractivity contribution in [2.75, 3.05) is 52.4 Å². The molecule has 1 heterocycles. The van der Waals surface area contributed by atoms with Crippen LogP contribution in [0.4, 0.5) is 5.69 Å². The Kier molecular flexibility index (Phi) is 6.72. The van der Waals surface area contributed by atoms with E-state index in [0.29, 0.717) is 5.75 Å². The number of anilines is 1. The van der Waals surface area contributed by atoms with Gasteiger partial charge in [-0.05, 0) is 17.7 Å². The van der Waals surface area contributed by atoms with Crippen LogP contribution in [0.3, 0.4) is 0 Å². The number of esters is 2. The van der Waals surface area contributed by atoms with Crippen LogP contribution in [-0.2, 0) is 16.0 Å². The van der Waals surface area contributed by atoms with Crippen LogP contribution in [0.2, 0.25) is 0 Å². The Morgan fingerprint density at radius 1 is 0.862 bits per heavy atom. The van der Waals surface area contributed by atoms with Gasteiger partial charge in [0.1, 0.15) is 5.56 Å². The molecule has 0 amide bonds. The van der Waals surface area contributed by atoms with Crippen LogP contribution in [0, 0.1) is 0 Å². The van der Waals surface area contributed by atoms with Gasteiger partial charge in [0, 0.05) is 32.7 Å². The highest BCUT2D eigenvalue weighted by Crippen LogP contribution is 2.36. The minimum atomic E-state index is -0.633. The number of rotatable bonds is 6. The lowest BCUT2D eigenvalue weighted by Crippen LogP contribution is -2.46. The molecule has 0 atom stereocenters. The van der Waals surface area contributed by atoms with Crippen LogP contribution in [-0.4, -0.2) is 64.3 Å². The average Bonchev–Trinajstić information content (AvgIpc) is 2.78. The zero-order valence-electron chi connectivity index (χ0n) is 17.0. The molecule has 7 heteroatoms. The first-order chi connectivity index (χ1) is 14.1. The first-order valence-corrected chi connectivity index (χ1v) is 9.48. The summed E-state index contributed by atoms with van der Waals surface area (Å²) in [4.78, 5) is 29.1. The molecule has 0 bridgehead atoms. The molecule has 1 saturated heterocycles. The summed E-state index contributed by atoms with van der Waals surface area (Å²) in [6.07, 6.45) is 0. The summed E-state index contributed by atoms with van der Waals surface area (Å²) in [5.41, 5.74) is 2.27. The summed E-state index contributed by atoms with van der Waals surface area (Å²) >= 11 is 0. The van der Waals surface area contributed by atoms with Gasteiger partial charge in [0.05, 0.1) is 32.6 Å². The first-order valence-electron chi connectivity index (χ1n) is 9.48. The van der Waals surface area contributed by atoms with E-state index < -0.39 is 11.9 Å². The van der Waals surface area contributed by atoms with E-state index in [0.717, 1.165) is 38.4 Å². The van der Waals surface area contributed by atoms with Crippen molar-refractivity contribution < 1.29 is 23.8 Å². The van der Waals surface area contributed by atoms with Crippen molar-refractivity contribution in [3.8, 4) is 5.75 Å². The van der Waals surface area contributed by atoms with Crippen molar-refractivity contribution in [3.05, 3.63) is 59.2 Å². The fraction of sp³-hybridized carbons (Fsp3) is 0.364. The van der Waals surface area contributed by atoms with Gasteiger partial charge in [-0.15, -0.1) is 0 Å². The van der Waals surface area contributed by atoms with Gasteiger partial charge in [-0.2, -0.15) is 0 Å². The predicted octanol–water partition coefficient (Wildman–Crippen LogP) is 2.59. The molecule has 1 aliphatic heterocycles. The molecule has 0 spiro atoms. The largest absolute Gasteiger partial charge is 0.494 e. The lowest BCUT2D eigenvalue weighted by atomic mass is 10.0. The Bertz CT molecular complexity index is 861. The van der Waals surface area contributed by atoms with Gasteiger partial charge >= 0.3 is 11.9 Å². The Morgan fingerprint density at radius 2 is 1.52 bits per heavy atom. The van der Waals surface area contributed by atoms with Crippen LogP contribution in [0.25, 0.3) is 0 Å². The van der Waals surface area contributed by atoms with Crippen molar-refractivity contribution in [2.45, 2.75) is 6.54 Å². The molecule has 0 N–H and O–H groups in total. The van der Waals surface area contributed by atoms with Crippen LogP contribution in [0.5, 0.6) is 5.75 Å². The van der Waals surface area contributed by atoms with Crippen molar-refractivity contribution in [1.82, 2.24) is 4.90 Å². The smallest absolute Gasteiger partial charge is 0.342 e. The molecule has 0 aliphatic carbocycles. The van der Waals surface area contributed by atoms with E-state index in [-0.39, 0.29) is 11.1 Å². The maximum absolute atomic E-state index is 12.4. The monoisotopic (exact) mass is 398 g/mol. The van der Waals surface area contributed by atoms with Gasteiger partial charge in [-0.25, -0.2) is 9.59 Å². The summed E-state index contributed by atoms with van der Waals surface area (Å²) in [6.45, 7) is 4.22. The Hall–Kier alpha value is -3.06. The number of methoxy groups -OCH3 is 3. The van der Waals surface area contributed by atoms with Gasteiger partial charge in [-0.1, -0.05) is 30.3 Å². The van der Waals surface area contributed by atoms with Crippen LogP contribution >= 0.6 is 0 Å². The van der Waals surface area contributed by atoms with E-state index in [1.54, 1.807) is 12.1 Å². The number of carbonyl (C=O) groups excluding carboxylic acids is 2. The van der Waals surface area contributed by atoms with Gasteiger partial charge in [0.15, 0.2) is 5.75 Å². The second-order valence-corrected chi connectivity index (χ2v) is 6.77. The highest BCUT2D eigenvalue weighted by molar-refractivity contribution is 6.06. The summed E-state index contributed by atoms with van der Waals surface area (Å²) in [7, 11) is 4.03. The lowest BCUT2D eigenvalue weighted by Gasteiger charge is -2.37. The summed E-state index contributed by atoms with van der Waals surface area (Å²) in [5, 5.41) is 0. The number of piperazine rings is 1. The summed E-state index contributed by atoms with van der Waals surface area (Å²) in [6, 6.07) is 13.8. The maximum Gasteiger partial charge on any atom is 0.342 e. The number of hydrogen-bond acceptors (Lipinski definition) is 7. The first kappa shape index (κ1) is 20.7. The van der Waals surface area contributed by atoms with E-state index in [1.807, 2.05) is 18.2 Å². The molecular weight excluding hydrogens is 372 g/mol. The molecule has 0 aromatic heterocycles. The summed E-state index contributed by atoms with van der Waals surface area (Å²) in [5.74, 6) is -0.911. The SMILES string of the molecule is COC(=O)c1ccc(N2CCN(Cc3ccccc3)CC2)c(OC)c1C(=O)OC. The average molecular weight is 398 g/mol. The van der Waals surface area contributed by atoms with Crippen molar-refractivity contribution in [2.24, 2.45) is 0 Å². The van der Waals surface area contributed by atoms with Gasteiger partial charge in [-0.3, -0.25) is 4.90 Å². The number of nitrogens with zero attached hydrogens (tertiary/aromatic N) is 2. The lowest BCUT2D eigenvalue weighted by molar-refractivity contribution is 0.0552. The number of ether oxygens (including phenoxy) is 3. The normalized spacial score (nSPS) is 14.4. The van der Waals surface area contributed by atoms with E-state index in [2.05, 4.69) is 21.9 Å². The molecule has 3 rings (SSSR count). The Balaban J connectivity index is 1.82. The van der Waals surface area contributed by atoms with Crippen LogP contribution in [0.1, 0.15) is 26.3 Å². The minimum Gasteiger partial charge on any atom is -0.494 e. The fourth-order valence-electron chi connectivity index (χ4n) is 3.60. The van der Waals surface area contributed by atoms with Crippen molar-refractivity contribution >= 4 is 17.6 Å². The predicted molar refractivity (Wildman–Crippen MR) is 110 cm³/mol. The molecular formula is C22H26N2O5. The van der Waals surface area contributed by atoms with Gasteiger partial charge < -0.3 is 19.1 Å². The van der Waals surface area contributed by atoms with Crippen molar-refractivity contribution in [1.29, 1.82) is 0 Å². The van der Waals surface area contributed by atoms with Gasteiger partial charge in [0.2, 0.25) is 0 Å². The number of carbonyl (C=O) groups is 2. The molecule has 29 heavy (non-hydrogen) atoms. The third-order valence-electron chi connectivity index (χ3n) is 5.10. The number of hydrogen-bond donors (Lipinski definition) is 0. The maximum atomic E-state index is 12.4. The second kappa shape index (κ2) is 9.43. The molecule has 0 saturated carbocycles. The molecule has 7 nitrogen and oxygen atoms in total. The highest BCUT2D eigenvalue weighted by Gasteiger charge is 2.29. The van der Waals surface area contributed by atoms with E-state index in [4.69, 9.17) is 14.2 Å². The van der Waals surface area contributed by atoms with Gasteiger partial charge in [0.25, 0.3) is 0 Å². The number of benzene rings is 2. The van der Waals surface area contributed by atoms with E-state index >= 15 is 0 Å². The molecule has 1 aliphatic rings. The standard InChI is InChI=1S/C22H26N2O5/c1-27-20-18(10-9-17(21(25)28-2)19(20)22(26)29-3)24-13-11-23(12-14-24)15-16-7-5-4-6-8-16/h4-10H,11-15H2,1-3H3. The zero-order chi connectivity index (χ0) is 20.8. The molecule has 2 aromatic carbocycles. The minimum absolute atomic E-state index is 0.0889. The molecule has 1 fully saturated rings. The van der Waals surface area contributed by atoms with Crippen LogP contribution in [0.15, 0.2) is 42.5 Å². The fourth-order valence-corrected chi connectivity index (χ4v) is 3.60. The van der Waals surface area contributed by atoms with Crippen LogP contribution < -0.4 is 9.64 Å². The Labute approximate surface area is 170 Å². The zero-order valence-corrected chi connectivity index (χ0v) is 17.0. The molecule has 0 radical (unpaired) electrons. The molecule has 2 aromatic rings. The molecule has 0 unspecified atom stereocenters. The summed E-state index contributed by atoms with van der Waals surface area (Å²) < 4.78 is 15.2. The molecule has 154 valence electrons. The quantitative estimate of drug-likeness (QED) is 0.693. The third-order valence-corrected chi connectivity index (χ3v) is 5.10. The topological polar surface area (TPSA) is 68.3 Å². The van der Waals surface area contributed by atoms with E-state index in [1.165, 1.54) is 26.9 Å². The third kappa shape index (κ3) is 4.51. The highest BCUT2D eigenvalue weighted by atomic mass is 16.5. The second-order valence-electron chi connectivity index (χ2n) is 6.77.